The lowest BCUT2D eigenvalue weighted by Gasteiger charge is -2.16. The highest BCUT2D eigenvalue weighted by Gasteiger charge is 2.03. The van der Waals surface area contributed by atoms with Gasteiger partial charge < -0.3 is 5.11 Å². The third-order valence-corrected chi connectivity index (χ3v) is 2.80. The lowest BCUT2D eigenvalue weighted by molar-refractivity contribution is 0.419. The first-order valence-electron chi connectivity index (χ1n) is 7.11. The molecule has 0 bridgehead atoms. The molecule has 0 aliphatic rings. The van der Waals surface area contributed by atoms with Crippen LogP contribution in [0.3, 0.4) is 0 Å². The van der Waals surface area contributed by atoms with E-state index in [1.807, 2.05) is 25.3 Å². The number of phenols is 1. The predicted molar refractivity (Wildman–Crippen MR) is 91.0 cm³/mol. The standard InChI is InChI=1S/C19H25NO/c1-16(17-9-11-18(21)12-10-17)15-20(5)14-8-6-7-13-19(2,3)4/h6,8-12,21H,1,14-15H2,2-5H3/b8-6+. The van der Waals surface area contributed by atoms with Crippen LogP contribution in [0.25, 0.3) is 5.57 Å². The van der Waals surface area contributed by atoms with Crippen molar-refractivity contribution in [1.29, 1.82) is 0 Å². The normalized spacial score (nSPS) is 11.5. The summed E-state index contributed by atoms with van der Waals surface area (Å²) in [5.41, 5.74) is 2.13. The smallest absolute Gasteiger partial charge is 0.115 e. The van der Waals surface area contributed by atoms with Gasteiger partial charge in [0.2, 0.25) is 0 Å². The number of rotatable bonds is 5. The fraction of sp³-hybridized carbons (Fsp3) is 0.368. The highest BCUT2D eigenvalue weighted by atomic mass is 16.3. The molecule has 0 saturated heterocycles. The highest BCUT2D eigenvalue weighted by molar-refractivity contribution is 5.65. The largest absolute Gasteiger partial charge is 0.508 e. The molecule has 0 atom stereocenters. The maximum absolute atomic E-state index is 9.28. The van der Waals surface area contributed by atoms with Gasteiger partial charge in [-0.15, -0.1) is 0 Å². The Morgan fingerprint density at radius 3 is 2.48 bits per heavy atom. The minimum absolute atomic E-state index is 0.0450. The molecule has 0 radical (unpaired) electrons. The maximum atomic E-state index is 9.28. The van der Waals surface area contributed by atoms with Crippen LogP contribution < -0.4 is 0 Å². The first kappa shape index (κ1) is 17.1. The van der Waals surface area contributed by atoms with E-state index in [1.54, 1.807) is 12.1 Å². The van der Waals surface area contributed by atoms with Gasteiger partial charge in [0.25, 0.3) is 0 Å². The first-order valence-corrected chi connectivity index (χ1v) is 7.11. The molecule has 0 amide bonds. The van der Waals surface area contributed by atoms with Crippen LogP contribution in [0.5, 0.6) is 5.75 Å². The van der Waals surface area contributed by atoms with Gasteiger partial charge in [0.1, 0.15) is 5.75 Å². The molecule has 0 aliphatic carbocycles. The summed E-state index contributed by atoms with van der Waals surface area (Å²) in [5, 5.41) is 9.28. The summed E-state index contributed by atoms with van der Waals surface area (Å²) < 4.78 is 0. The number of benzene rings is 1. The summed E-state index contributed by atoms with van der Waals surface area (Å²) in [6.45, 7) is 12.0. The van der Waals surface area contributed by atoms with Gasteiger partial charge in [-0.05, 0) is 57.2 Å². The van der Waals surface area contributed by atoms with Crippen molar-refractivity contribution in [2.24, 2.45) is 5.41 Å². The Hall–Kier alpha value is -1.98. The van der Waals surface area contributed by atoms with Crippen molar-refractivity contribution in [2.45, 2.75) is 20.8 Å². The van der Waals surface area contributed by atoms with Gasteiger partial charge in [-0.1, -0.05) is 36.6 Å². The molecule has 0 aliphatic heterocycles. The second kappa shape index (κ2) is 7.71. The third kappa shape index (κ3) is 7.39. The third-order valence-electron chi connectivity index (χ3n) is 2.80. The maximum Gasteiger partial charge on any atom is 0.115 e. The summed E-state index contributed by atoms with van der Waals surface area (Å²) in [6, 6.07) is 7.14. The number of aromatic hydroxyl groups is 1. The SMILES string of the molecule is C=C(CN(C)C/C=C/C#CC(C)(C)C)c1ccc(O)cc1. The number of phenolic OH excluding ortho intramolecular Hbond substituents is 1. The lowest BCUT2D eigenvalue weighted by Crippen LogP contribution is -2.20. The number of nitrogens with zero attached hydrogens (tertiary/aromatic N) is 1. The Morgan fingerprint density at radius 2 is 1.90 bits per heavy atom. The number of likely N-dealkylation sites (N-methyl/N-ethyl adjacent to an activating group) is 1. The van der Waals surface area contributed by atoms with E-state index in [4.69, 9.17) is 0 Å². The fourth-order valence-electron chi connectivity index (χ4n) is 1.73. The van der Waals surface area contributed by atoms with Gasteiger partial charge in [-0.25, -0.2) is 0 Å². The molecular formula is C19H25NO. The van der Waals surface area contributed by atoms with Gasteiger partial charge >= 0.3 is 0 Å². The van der Waals surface area contributed by atoms with E-state index in [2.05, 4.69) is 50.2 Å². The molecule has 1 rings (SSSR count). The summed E-state index contributed by atoms with van der Waals surface area (Å²) in [4.78, 5) is 2.17. The van der Waals surface area contributed by atoms with Crippen molar-refractivity contribution < 1.29 is 5.11 Å². The summed E-state index contributed by atoms with van der Waals surface area (Å²) >= 11 is 0. The molecule has 112 valence electrons. The van der Waals surface area contributed by atoms with E-state index in [-0.39, 0.29) is 11.2 Å². The molecule has 2 heteroatoms. The molecule has 1 N–H and O–H groups in total. The first-order chi connectivity index (χ1) is 9.78. The van der Waals surface area contributed by atoms with Crippen molar-refractivity contribution in [3.05, 3.63) is 48.6 Å². The second-order valence-corrected chi connectivity index (χ2v) is 6.27. The molecule has 2 nitrogen and oxygen atoms in total. The average Bonchev–Trinajstić information content (AvgIpc) is 2.37. The van der Waals surface area contributed by atoms with E-state index in [0.29, 0.717) is 0 Å². The Kier molecular flexibility index (Phi) is 6.27. The summed E-state index contributed by atoms with van der Waals surface area (Å²) in [6.07, 6.45) is 3.97. The number of hydrogen-bond acceptors (Lipinski definition) is 2. The molecule has 0 heterocycles. The van der Waals surface area contributed by atoms with E-state index >= 15 is 0 Å². The molecule has 0 unspecified atom stereocenters. The quantitative estimate of drug-likeness (QED) is 0.827. The van der Waals surface area contributed by atoms with Crippen molar-refractivity contribution >= 4 is 5.57 Å². The van der Waals surface area contributed by atoms with Crippen LogP contribution in [0.2, 0.25) is 0 Å². The van der Waals surface area contributed by atoms with Gasteiger partial charge in [-0.3, -0.25) is 4.90 Å². The number of hydrogen-bond donors (Lipinski definition) is 1. The van der Waals surface area contributed by atoms with E-state index in [9.17, 15) is 5.11 Å². The van der Waals surface area contributed by atoms with Gasteiger partial charge in [0.15, 0.2) is 0 Å². The van der Waals surface area contributed by atoms with Crippen LogP contribution in [0, 0.1) is 17.3 Å². The van der Waals surface area contributed by atoms with Crippen molar-refractivity contribution in [3.8, 4) is 17.6 Å². The Morgan fingerprint density at radius 1 is 1.29 bits per heavy atom. The Bertz CT molecular complexity index is 550. The summed E-state index contributed by atoms with van der Waals surface area (Å²) in [5.74, 6) is 6.51. The minimum Gasteiger partial charge on any atom is -0.508 e. The lowest BCUT2D eigenvalue weighted by atomic mass is 9.98. The zero-order valence-corrected chi connectivity index (χ0v) is 13.5. The van der Waals surface area contributed by atoms with Crippen LogP contribution >= 0.6 is 0 Å². The Balaban J connectivity index is 2.44. The molecule has 0 spiro atoms. The van der Waals surface area contributed by atoms with Gasteiger partial charge in [0.05, 0.1) is 0 Å². The molecule has 0 saturated carbocycles. The van der Waals surface area contributed by atoms with E-state index < -0.39 is 0 Å². The molecular weight excluding hydrogens is 258 g/mol. The van der Waals surface area contributed by atoms with Crippen LogP contribution in [0.4, 0.5) is 0 Å². The van der Waals surface area contributed by atoms with Gasteiger partial charge in [-0.2, -0.15) is 0 Å². The van der Waals surface area contributed by atoms with E-state index in [1.165, 1.54) is 0 Å². The molecule has 21 heavy (non-hydrogen) atoms. The molecule has 1 aromatic rings. The van der Waals surface area contributed by atoms with Crippen molar-refractivity contribution in [2.75, 3.05) is 20.1 Å². The molecule has 1 aromatic carbocycles. The molecule has 0 aromatic heterocycles. The van der Waals surface area contributed by atoms with Crippen LogP contribution in [0.1, 0.15) is 26.3 Å². The average molecular weight is 283 g/mol. The molecule has 0 fully saturated rings. The van der Waals surface area contributed by atoms with Crippen molar-refractivity contribution in [3.63, 3.8) is 0 Å². The van der Waals surface area contributed by atoms with Gasteiger partial charge in [0, 0.05) is 18.5 Å². The zero-order chi connectivity index (χ0) is 15.9. The predicted octanol–water partition coefficient (Wildman–Crippen LogP) is 3.94. The highest BCUT2D eigenvalue weighted by Crippen LogP contribution is 2.17. The summed E-state index contributed by atoms with van der Waals surface area (Å²) in [7, 11) is 2.05. The van der Waals surface area contributed by atoms with Crippen molar-refractivity contribution in [1.82, 2.24) is 4.90 Å². The zero-order valence-electron chi connectivity index (χ0n) is 13.5. The van der Waals surface area contributed by atoms with Crippen LogP contribution in [-0.2, 0) is 0 Å². The van der Waals surface area contributed by atoms with Crippen LogP contribution in [0.15, 0.2) is 43.0 Å². The van der Waals surface area contributed by atoms with Crippen LogP contribution in [-0.4, -0.2) is 30.1 Å². The minimum atomic E-state index is 0.0450. The van der Waals surface area contributed by atoms with E-state index in [0.717, 1.165) is 24.2 Å². The topological polar surface area (TPSA) is 23.5 Å². The Labute approximate surface area is 128 Å². The second-order valence-electron chi connectivity index (χ2n) is 6.27. The fourth-order valence-corrected chi connectivity index (χ4v) is 1.73. The monoisotopic (exact) mass is 283 g/mol. The number of allylic oxidation sites excluding steroid dienone is 1.